The van der Waals surface area contributed by atoms with E-state index in [-0.39, 0.29) is 12.2 Å². The van der Waals surface area contributed by atoms with Crippen LogP contribution in [0.25, 0.3) is 24.3 Å². The van der Waals surface area contributed by atoms with E-state index in [9.17, 15) is 0 Å². The largest absolute Gasteiger partial charge is 0.359 e. The Morgan fingerprint density at radius 2 is 0.571 bits per heavy atom. The first-order valence-corrected chi connectivity index (χ1v) is 11.9. The summed E-state index contributed by atoms with van der Waals surface area (Å²) < 4.78 is 6.59. The molecule has 0 heterocycles. The molecule has 4 aromatic rings. The van der Waals surface area contributed by atoms with E-state index in [1.807, 2.05) is 72.8 Å². The summed E-state index contributed by atoms with van der Waals surface area (Å²) in [6, 6.07) is 41.2. The van der Waals surface area contributed by atoms with E-state index >= 15 is 0 Å². The van der Waals surface area contributed by atoms with Gasteiger partial charge in [0.15, 0.2) is 0 Å². The molecule has 0 spiro atoms. The molecule has 0 radical (unpaired) electrons. The average Bonchev–Trinajstić information content (AvgIpc) is 2.93. The van der Waals surface area contributed by atoms with Crippen LogP contribution in [0.5, 0.6) is 0 Å². The Hall–Kier alpha value is -4.20. The molecule has 0 saturated heterocycles. The van der Waals surface area contributed by atoms with Crippen molar-refractivity contribution in [2.75, 3.05) is 0 Å². The highest BCUT2D eigenvalue weighted by Gasteiger charge is 2.08. The van der Waals surface area contributed by atoms with E-state index in [0.717, 1.165) is 22.3 Å². The van der Waals surface area contributed by atoms with Gasteiger partial charge in [0.05, 0.1) is 12.2 Å². The van der Waals surface area contributed by atoms with E-state index < -0.39 is 0 Å². The summed E-state index contributed by atoms with van der Waals surface area (Å²) in [4.78, 5) is 0. The lowest BCUT2D eigenvalue weighted by atomic mass is 10.1. The summed E-state index contributed by atoms with van der Waals surface area (Å²) in [5.41, 5.74) is 4.58. The van der Waals surface area contributed by atoms with Gasteiger partial charge in [0.25, 0.3) is 0 Å². The van der Waals surface area contributed by atoms with Gasteiger partial charge < -0.3 is 4.74 Å². The van der Waals surface area contributed by atoms with E-state index in [0.29, 0.717) is 0 Å². The molecule has 0 aromatic heterocycles. The molecule has 1 nitrogen and oxygen atoms in total. The van der Waals surface area contributed by atoms with Crippen LogP contribution in [-0.4, -0.2) is 12.2 Å². The Morgan fingerprint density at radius 3 is 0.800 bits per heavy atom. The first-order chi connectivity index (χ1) is 17.3. The second-order valence-corrected chi connectivity index (χ2v) is 8.14. The maximum absolute atomic E-state index is 6.59. The molecule has 0 aliphatic carbocycles. The van der Waals surface area contributed by atoms with E-state index in [4.69, 9.17) is 4.74 Å². The molecule has 0 fully saturated rings. The summed E-state index contributed by atoms with van der Waals surface area (Å²) in [7, 11) is 0. The fraction of sp³-hybridized carbons (Fsp3) is 0.0588. The van der Waals surface area contributed by atoms with Gasteiger partial charge in [-0.2, -0.15) is 0 Å². The lowest BCUT2D eigenvalue weighted by Crippen LogP contribution is -2.15. The van der Waals surface area contributed by atoms with Crippen molar-refractivity contribution in [3.05, 3.63) is 168 Å². The Labute approximate surface area is 209 Å². The quantitative estimate of drug-likeness (QED) is 0.233. The number of rotatable bonds is 10. The minimum atomic E-state index is -0.207. The van der Waals surface area contributed by atoms with Crippen LogP contribution in [0.3, 0.4) is 0 Å². The van der Waals surface area contributed by atoms with Gasteiger partial charge in [0, 0.05) is 0 Å². The van der Waals surface area contributed by atoms with Crippen LogP contribution in [0.15, 0.2) is 146 Å². The lowest BCUT2D eigenvalue weighted by Gasteiger charge is -2.16. The Balaban J connectivity index is 1.59. The van der Waals surface area contributed by atoms with Gasteiger partial charge in [-0.1, -0.05) is 170 Å². The van der Waals surface area contributed by atoms with Crippen molar-refractivity contribution in [1.82, 2.24) is 0 Å². The standard InChI is InChI=1S/C34H30O/c1-5-13-29(14-6-1)21-25-33(26-22-30-15-7-2-8-16-30)35-34(27-23-31-17-9-3-10-18-31)28-24-32-19-11-4-12-20-32/h1-28,33-34H. The predicted octanol–water partition coefficient (Wildman–Crippen LogP) is 8.59. The van der Waals surface area contributed by atoms with Crippen molar-refractivity contribution < 1.29 is 4.74 Å². The normalized spacial score (nSPS) is 13.7. The number of hydrogen-bond donors (Lipinski definition) is 0. The molecule has 0 unspecified atom stereocenters. The molecule has 0 aliphatic heterocycles. The Kier molecular flexibility index (Phi) is 9.23. The Bertz CT molecular complexity index is 1040. The molecule has 0 atom stereocenters. The average molecular weight is 455 g/mol. The SMILES string of the molecule is C(=CC(C=Cc1ccccc1)OC(C=Cc1ccccc1)C=Cc1ccccc1)c1ccccc1. The molecule has 172 valence electrons. The molecule has 4 rings (SSSR count). The highest BCUT2D eigenvalue weighted by molar-refractivity contribution is 5.55. The molecule has 0 bridgehead atoms. The monoisotopic (exact) mass is 454 g/mol. The summed E-state index contributed by atoms with van der Waals surface area (Å²) in [5.74, 6) is 0. The second kappa shape index (κ2) is 13.5. The maximum Gasteiger partial charge on any atom is 0.0956 e. The third kappa shape index (κ3) is 8.58. The molecular formula is C34H30O. The first-order valence-electron chi connectivity index (χ1n) is 11.9. The van der Waals surface area contributed by atoms with Crippen molar-refractivity contribution in [2.45, 2.75) is 12.2 Å². The van der Waals surface area contributed by atoms with Crippen LogP contribution in [-0.2, 0) is 4.74 Å². The van der Waals surface area contributed by atoms with Crippen molar-refractivity contribution in [3.63, 3.8) is 0 Å². The van der Waals surface area contributed by atoms with Crippen molar-refractivity contribution in [1.29, 1.82) is 0 Å². The van der Waals surface area contributed by atoms with Gasteiger partial charge >= 0.3 is 0 Å². The number of ether oxygens (including phenoxy) is 1. The van der Waals surface area contributed by atoms with Crippen molar-refractivity contribution in [3.8, 4) is 0 Å². The van der Waals surface area contributed by atoms with Crippen molar-refractivity contribution >= 4 is 24.3 Å². The highest BCUT2D eigenvalue weighted by atomic mass is 16.5. The van der Waals surface area contributed by atoms with Gasteiger partial charge in [-0.3, -0.25) is 0 Å². The third-order valence-corrected chi connectivity index (χ3v) is 5.43. The summed E-state index contributed by atoms with van der Waals surface area (Å²) in [6.07, 6.45) is 16.4. The zero-order valence-electron chi connectivity index (χ0n) is 19.7. The van der Waals surface area contributed by atoms with E-state index in [1.165, 1.54) is 0 Å². The smallest absolute Gasteiger partial charge is 0.0956 e. The molecule has 1 heteroatoms. The molecule has 0 N–H and O–H groups in total. The fourth-order valence-electron chi connectivity index (χ4n) is 3.57. The van der Waals surface area contributed by atoms with Crippen LogP contribution in [0.1, 0.15) is 22.3 Å². The molecule has 4 aromatic carbocycles. The van der Waals surface area contributed by atoms with Crippen LogP contribution in [0.4, 0.5) is 0 Å². The molecule has 35 heavy (non-hydrogen) atoms. The minimum absolute atomic E-state index is 0.207. The molecular weight excluding hydrogens is 424 g/mol. The molecule has 0 saturated carbocycles. The van der Waals surface area contributed by atoms with Crippen LogP contribution < -0.4 is 0 Å². The van der Waals surface area contributed by atoms with Gasteiger partial charge in [-0.05, 0) is 22.3 Å². The lowest BCUT2D eigenvalue weighted by molar-refractivity contribution is 0.0982. The number of benzene rings is 4. The van der Waals surface area contributed by atoms with Gasteiger partial charge in [0.1, 0.15) is 0 Å². The molecule has 0 aliphatic rings. The van der Waals surface area contributed by atoms with Gasteiger partial charge in [-0.15, -0.1) is 0 Å². The number of hydrogen-bond acceptors (Lipinski definition) is 1. The summed E-state index contributed by atoms with van der Waals surface area (Å²) in [5, 5.41) is 0. The second-order valence-electron chi connectivity index (χ2n) is 8.14. The van der Waals surface area contributed by atoms with Gasteiger partial charge in [-0.25, -0.2) is 0 Å². The summed E-state index contributed by atoms with van der Waals surface area (Å²) in [6.45, 7) is 0. The van der Waals surface area contributed by atoms with Gasteiger partial charge in [0.2, 0.25) is 0 Å². The van der Waals surface area contributed by atoms with Crippen LogP contribution in [0.2, 0.25) is 0 Å². The van der Waals surface area contributed by atoms with Crippen LogP contribution >= 0.6 is 0 Å². The Morgan fingerprint density at radius 1 is 0.343 bits per heavy atom. The minimum Gasteiger partial charge on any atom is -0.359 e. The molecule has 0 amide bonds. The fourth-order valence-corrected chi connectivity index (χ4v) is 3.57. The maximum atomic E-state index is 6.59. The van der Waals surface area contributed by atoms with Crippen LogP contribution in [0, 0.1) is 0 Å². The first kappa shape index (κ1) is 23.9. The third-order valence-electron chi connectivity index (χ3n) is 5.43. The van der Waals surface area contributed by atoms with E-state index in [2.05, 4.69) is 97.1 Å². The zero-order valence-corrected chi connectivity index (χ0v) is 19.7. The highest BCUT2D eigenvalue weighted by Crippen LogP contribution is 2.14. The van der Waals surface area contributed by atoms with Crippen molar-refractivity contribution in [2.24, 2.45) is 0 Å². The summed E-state index contributed by atoms with van der Waals surface area (Å²) >= 11 is 0. The predicted molar refractivity (Wildman–Crippen MR) is 151 cm³/mol. The van der Waals surface area contributed by atoms with E-state index in [1.54, 1.807) is 0 Å². The zero-order chi connectivity index (χ0) is 24.0. The topological polar surface area (TPSA) is 9.23 Å².